The van der Waals surface area contributed by atoms with Gasteiger partial charge in [0.05, 0.1) is 5.56 Å². The van der Waals surface area contributed by atoms with Crippen molar-refractivity contribution >= 4 is 34.4 Å². The number of benzene rings is 2. The molecule has 0 amide bonds. The van der Waals surface area contributed by atoms with Gasteiger partial charge < -0.3 is 0 Å². The van der Waals surface area contributed by atoms with Gasteiger partial charge in [0.15, 0.2) is 0 Å². The molecule has 0 nitrogen and oxygen atoms in total. The Hall–Kier alpha value is -1.07. The number of halogens is 4. The zero-order valence-corrected chi connectivity index (χ0v) is 13.6. The SMILES string of the molecule is C[Si]1(C)c2ccc(Br)cc2-c2ccc(C(F)(F)F)cc21. The quantitative estimate of drug-likeness (QED) is 0.618. The minimum atomic E-state index is -4.28. The first-order valence-electron chi connectivity index (χ1n) is 6.23. The summed E-state index contributed by atoms with van der Waals surface area (Å²) in [5.74, 6) is 0. The van der Waals surface area contributed by atoms with Gasteiger partial charge in [-0.3, -0.25) is 0 Å². The Bertz CT molecular complexity index is 705. The normalized spacial score (nSPS) is 15.9. The largest absolute Gasteiger partial charge is 0.416 e. The molecule has 0 unspecified atom stereocenters. The van der Waals surface area contributed by atoms with E-state index in [-0.39, 0.29) is 0 Å². The standard InChI is InChI=1S/C15H12BrF3Si/c1-20(2)13-6-4-10(16)8-12(13)11-5-3-9(7-14(11)20)15(17,18)19/h3-8H,1-2H3. The van der Waals surface area contributed by atoms with E-state index in [0.717, 1.165) is 20.8 Å². The summed E-state index contributed by atoms with van der Waals surface area (Å²) in [5.41, 5.74) is 1.47. The number of hydrogen-bond acceptors (Lipinski definition) is 0. The molecule has 3 rings (SSSR count). The van der Waals surface area contributed by atoms with Gasteiger partial charge in [-0.25, -0.2) is 0 Å². The molecular formula is C15H12BrF3Si. The maximum Gasteiger partial charge on any atom is 0.416 e. The van der Waals surface area contributed by atoms with Gasteiger partial charge >= 0.3 is 6.18 Å². The number of fused-ring (bicyclic) bond motifs is 3. The van der Waals surface area contributed by atoms with E-state index in [2.05, 4.69) is 29.0 Å². The molecule has 0 radical (unpaired) electrons. The third-order valence-corrected chi connectivity index (χ3v) is 8.00. The molecule has 104 valence electrons. The zero-order valence-electron chi connectivity index (χ0n) is 11.0. The Kier molecular flexibility index (Phi) is 2.92. The van der Waals surface area contributed by atoms with Crippen molar-refractivity contribution in [1.82, 2.24) is 0 Å². The van der Waals surface area contributed by atoms with Crippen LogP contribution in [0.25, 0.3) is 11.1 Å². The van der Waals surface area contributed by atoms with Crippen LogP contribution in [0.3, 0.4) is 0 Å². The molecule has 0 spiro atoms. The van der Waals surface area contributed by atoms with Crippen LogP contribution in [0.15, 0.2) is 40.9 Å². The second kappa shape index (κ2) is 4.21. The average Bonchev–Trinajstić information content (AvgIpc) is 2.57. The van der Waals surface area contributed by atoms with E-state index in [1.165, 1.54) is 17.3 Å². The van der Waals surface area contributed by atoms with Crippen molar-refractivity contribution in [3.05, 3.63) is 46.4 Å². The molecule has 0 fully saturated rings. The Morgan fingerprint density at radius 2 is 1.60 bits per heavy atom. The summed E-state index contributed by atoms with van der Waals surface area (Å²) in [6.07, 6.45) is -4.28. The third-order valence-electron chi connectivity index (χ3n) is 3.97. The highest BCUT2D eigenvalue weighted by atomic mass is 79.9. The van der Waals surface area contributed by atoms with Crippen LogP contribution >= 0.6 is 15.9 Å². The molecule has 5 heteroatoms. The van der Waals surface area contributed by atoms with Gasteiger partial charge in [0.2, 0.25) is 0 Å². The lowest BCUT2D eigenvalue weighted by Crippen LogP contribution is -2.49. The molecule has 2 aromatic rings. The first-order chi connectivity index (χ1) is 9.21. The van der Waals surface area contributed by atoms with E-state index in [1.807, 2.05) is 18.2 Å². The van der Waals surface area contributed by atoms with Crippen molar-refractivity contribution in [3.63, 3.8) is 0 Å². The zero-order chi connectivity index (χ0) is 14.7. The monoisotopic (exact) mass is 356 g/mol. The molecule has 20 heavy (non-hydrogen) atoms. The van der Waals surface area contributed by atoms with E-state index in [9.17, 15) is 13.2 Å². The summed E-state index contributed by atoms with van der Waals surface area (Å²) >= 11 is 3.44. The first-order valence-corrected chi connectivity index (χ1v) is 10.0. The second-order valence-corrected chi connectivity index (χ2v) is 10.8. The fraction of sp³-hybridized carbons (Fsp3) is 0.200. The third kappa shape index (κ3) is 1.95. The highest BCUT2D eigenvalue weighted by Gasteiger charge is 2.40. The maximum atomic E-state index is 12.9. The highest BCUT2D eigenvalue weighted by Crippen LogP contribution is 2.34. The van der Waals surface area contributed by atoms with E-state index in [1.54, 1.807) is 6.07 Å². The van der Waals surface area contributed by atoms with Crippen LogP contribution in [-0.2, 0) is 6.18 Å². The van der Waals surface area contributed by atoms with E-state index in [4.69, 9.17) is 0 Å². The summed E-state index contributed by atoms with van der Waals surface area (Å²) < 4.78 is 39.7. The summed E-state index contributed by atoms with van der Waals surface area (Å²) in [4.78, 5) is 0. The first kappa shape index (κ1) is 13.9. The molecule has 0 N–H and O–H groups in total. The summed E-state index contributed by atoms with van der Waals surface area (Å²) in [6, 6.07) is 10.1. The predicted octanol–water partition coefficient (Wildman–Crippen LogP) is 4.27. The molecule has 0 atom stereocenters. The summed E-state index contributed by atoms with van der Waals surface area (Å²) in [7, 11) is -2.04. The van der Waals surface area contributed by atoms with E-state index >= 15 is 0 Å². The lowest BCUT2D eigenvalue weighted by Gasteiger charge is -2.19. The van der Waals surface area contributed by atoms with Gasteiger partial charge in [-0.05, 0) is 45.8 Å². The van der Waals surface area contributed by atoms with Gasteiger partial charge in [0.1, 0.15) is 8.07 Å². The fourth-order valence-corrected chi connectivity index (χ4v) is 6.34. The Morgan fingerprint density at radius 3 is 2.25 bits per heavy atom. The molecule has 0 saturated carbocycles. The van der Waals surface area contributed by atoms with E-state index in [0.29, 0.717) is 0 Å². The average molecular weight is 357 g/mol. The molecule has 1 aliphatic rings. The van der Waals surface area contributed by atoms with Crippen molar-refractivity contribution in [2.75, 3.05) is 0 Å². The smallest absolute Gasteiger partial charge is 0.166 e. The lowest BCUT2D eigenvalue weighted by atomic mass is 10.0. The van der Waals surface area contributed by atoms with Crippen LogP contribution in [0, 0.1) is 0 Å². The minimum Gasteiger partial charge on any atom is -0.166 e. The molecule has 0 saturated heterocycles. The lowest BCUT2D eigenvalue weighted by molar-refractivity contribution is -0.137. The number of alkyl halides is 3. The number of rotatable bonds is 0. The van der Waals surface area contributed by atoms with Crippen LogP contribution in [0.2, 0.25) is 13.1 Å². The van der Waals surface area contributed by atoms with Gasteiger partial charge in [0, 0.05) is 4.47 Å². The van der Waals surface area contributed by atoms with Crippen molar-refractivity contribution in [2.45, 2.75) is 19.3 Å². The van der Waals surface area contributed by atoms with Crippen LogP contribution in [0.4, 0.5) is 13.2 Å². The van der Waals surface area contributed by atoms with Crippen LogP contribution in [0.5, 0.6) is 0 Å². The maximum absolute atomic E-state index is 12.9. The molecule has 0 aromatic heterocycles. The molecule has 1 heterocycles. The molecule has 2 aromatic carbocycles. The fourth-order valence-electron chi connectivity index (χ4n) is 2.90. The van der Waals surface area contributed by atoms with Crippen LogP contribution in [-0.4, -0.2) is 8.07 Å². The molecular weight excluding hydrogens is 345 g/mol. The van der Waals surface area contributed by atoms with Crippen molar-refractivity contribution in [2.24, 2.45) is 0 Å². The summed E-state index contributed by atoms with van der Waals surface area (Å²) in [5, 5.41) is 2.08. The van der Waals surface area contributed by atoms with E-state index < -0.39 is 19.8 Å². The van der Waals surface area contributed by atoms with Crippen LogP contribution < -0.4 is 10.4 Å². The van der Waals surface area contributed by atoms with Gasteiger partial charge in [-0.15, -0.1) is 0 Å². The summed E-state index contributed by atoms with van der Waals surface area (Å²) in [6.45, 7) is 4.21. The Morgan fingerprint density at radius 1 is 0.900 bits per heavy atom. The van der Waals surface area contributed by atoms with Crippen molar-refractivity contribution in [3.8, 4) is 11.1 Å². The Labute approximate surface area is 124 Å². The minimum absolute atomic E-state index is 0.552. The topological polar surface area (TPSA) is 0 Å². The highest BCUT2D eigenvalue weighted by molar-refractivity contribution is 9.10. The second-order valence-electron chi connectivity index (χ2n) is 5.57. The van der Waals surface area contributed by atoms with Gasteiger partial charge in [0.25, 0.3) is 0 Å². The Balaban J connectivity index is 2.28. The molecule has 0 bridgehead atoms. The number of hydrogen-bond donors (Lipinski definition) is 0. The predicted molar refractivity (Wildman–Crippen MR) is 81.3 cm³/mol. The van der Waals surface area contributed by atoms with Crippen molar-refractivity contribution < 1.29 is 13.2 Å². The van der Waals surface area contributed by atoms with Crippen molar-refractivity contribution in [1.29, 1.82) is 0 Å². The van der Waals surface area contributed by atoms with Gasteiger partial charge in [-0.2, -0.15) is 13.2 Å². The van der Waals surface area contributed by atoms with Crippen LogP contribution in [0.1, 0.15) is 5.56 Å². The molecule has 0 aliphatic carbocycles. The molecule has 1 aliphatic heterocycles. The van der Waals surface area contributed by atoms with Gasteiger partial charge in [-0.1, -0.05) is 41.2 Å².